The van der Waals surface area contributed by atoms with Gasteiger partial charge in [-0.1, -0.05) is 22.9 Å². The van der Waals surface area contributed by atoms with Crippen LogP contribution in [-0.4, -0.2) is 67.9 Å². The smallest absolute Gasteiger partial charge is 0.250 e. The van der Waals surface area contributed by atoms with Crippen molar-refractivity contribution in [1.82, 2.24) is 15.4 Å². The van der Waals surface area contributed by atoms with E-state index in [4.69, 9.17) is 9.94 Å². The van der Waals surface area contributed by atoms with Gasteiger partial charge in [-0.25, -0.2) is 10.5 Å². The fraction of sp³-hybridized carbons (Fsp3) is 0.478. The average molecular weight is 487 g/mol. The van der Waals surface area contributed by atoms with Gasteiger partial charge in [0.25, 0.3) is 0 Å². The third-order valence-electron chi connectivity index (χ3n) is 6.00. The number of amides is 1. The molecule has 1 aromatic carbocycles. The van der Waals surface area contributed by atoms with E-state index in [1.807, 2.05) is 18.2 Å². The number of ether oxygens (including phenoxy) is 1. The third-order valence-corrected chi connectivity index (χ3v) is 7.95. The molecule has 174 valence electrons. The van der Waals surface area contributed by atoms with Gasteiger partial charge in [0.15, 0.2) is 0 Å². The number of carbonyl (C=O) groups is 1. The zero-order valence-corrected chi connectivity index (χ0v) is 19.8. The molecule has 2 aromatic rings. The quantitative estimate of drug-likeness (QED) is 0.262. The topological polar surface area (TPSA) is 115 Å². The Morgan fingerprint density at radius 1 is 1.42 bits per heavy atom. The molecule has 1 aromatic heterocycles. The van der Waals surface area contributed by atoms with Crippen LogP contribution in [-0.2, 0) is 27.0 Å². The van der Waals surface area contributed by atoms with Gasteiger partial charge in [-0.3, -0.25) is 19.1 Å². The second kappa shape index (κ2) is 10.3. The average Bonchev–Trinajstić information content (AvgIpc) is 3.12. The Balaban J connectivity index is 1.36. The molecule has 2 aliphatic heterocycles. The van der Waals surface area contributed by atoms with Gasteiger partial charge in [0, 0.05) is 36.7 Å². The Morgan fingerprint density at radius 3 is 2.88 bits per heavy atom. The molecule has 2 saturated heterocycles. The summed E-state index contributed by atoms with van der Waals surface area (Å²) in [4.78, 5) is 18.9. The predicted octanol–water partition coefficient (Wildman–Crippen LogP) is 1.31. The van der Waals surface area contributed by atoms with E-state index in [0.29, 0.717) is 18.4 Å². The molecule has 2 fully saturated rings. The molecule has 0 saturated carbocycles. The number of hydrogen-bond acceptors (Lipinski definition) is 8. The molecule has 1 unspecified atom stereocenters. The highest BCUT2D eigenvalue weighted by Gasteiger charge is 2.35. The standard InChI is InChI=1S/C23H25N3O5S2/c1-23(15-33(29)30,22(27)25-28)9-8-21-24-19-7-6-16(10-20(19)32-21)4-2-3-5-17-11-26(12-17)18-13-31-14-18/h6-7,10,17-18,28H,8-9,11-15H2,1H3,(H,25,27)(H,29,30)/p-1/t23-/m0/s1. The highest BCUT2D eigenvalue weighted by Crippen LogP contribution is 2.29. The first-order valence-electron chi connectivity index (χ1n) is 10.6. The number of nitrogens with one attached hydrogen (secondary N) is 1. The lowest BCUT2D eigenvalue weighted by atomic mass is 9.87. The van der Waals surface area contributed by atoms with Crippen LogP contribution in [0.15, 0.2) is 18.2 Å². The number of thiazole rings is 1. The van der Waals surface area contributed by atoms with Crippen LogP contribution in [0.5, 0.6) is 0 Å². The minimum Gasteiger partial charge on any atom is -0.772 e. The van der Waals surface area contributed by atoms with Crippen LogP contribution in [0.4, 0.5) is 0 Å². The van der Waals surface area contributed by atoms with Gasteiger partial charge in [0.05, 0.1) is 39.9 Å². The van der Waals surface area contributed by atoms with Gasteiger partial charge in [0.1, 0.15) is 0 Å². The van der Waals surface area contributed by atoms with Crippen molar-refractivity contribution in [2.45, 2.75) is 25.8 Å². The fourth-order valence-corrected chi connectivity index (χ4v) is 5.57. The van der Waals surface area contributed by atoms with Crippen molar-refractivity contribution >= 4 is 38.5 Å². The van der Waals surface area contributed by atoms with Crippen LogP contribution >= 0.6 is 11.3 Å². The maximum atomic E-state index is 12.0. The lowest BCUT2D eigenvalue weighted by molar-refractivity contribution is -0.138. The SMILES string of the molecule is C[C@](CCc1nc2ccc(C#CC#CC3CN(C4COC4)C3)cc2s1)(CS(=O)[O-])C(=O)NO. The van der Waals surface area contributed by atoms with E-state index in [0.717, 1.165) is 47.1 Å². The van der Waals surface area contributed by atoms with Crippen molar-refractivity contribution in [2.75, 3.05) is 32.1 Å². The number of benzene rings is 1. The molecular formula is C23H24N3O5S2-. The van der Waals surface area contributed by atoms with E-state index in [1.165, 1.54) is 18.3 Å². The first-order valence-corrected chi connectivity index (χ1v) is 12.7. The normalized spacial score (nSPS) is 19.2. The van der Waals surface area contributed by atoms with E-state index in [2.05, 4.69) is 33.6 Å². The molecule has 2 aliphatic rings. The van der Waals surface area contributed by atoms with Crippen LogP contribution in [0.1, 0.15) is 23.9 Å². The highest BCUT2D eigenvalue weighted by molar-refractivity contribution is 7.79. The Bertz CT molecular complexity index is 1180. The number of likely N-dealkylation sites (tertiary alicyclic amines) is 1. The van der Waals surface area contributed by atoms with E-state index >= 15 is 0 Å². The largest absolute Gasteiger partial charge is 0.772 e. The summed E-state index contributed by atoms with van der Waals surface area (Å²) in [6.45, 7) is 5.16. The third kappa shape index (κ3) is 5.79. The van der Waals surface area contributed by atoms with Gasteiger partial charge in [0.2, 0.25) is 5.91 Å². The van der Waals surface area contributed by atoms with Gasteiger partial charge in [-0.15, -0.1) is 11.3 Å². The lowest BCUT2D eigenvalue weighted by Crippen LogP contribution is -2.58. The van der Waals surface area contributed by atoms with E-state index in [9.17, 15) is 13.6 Å². The molecule has 0 bridgehead atoms. The zero-order chi connectivity index (χ0) is 23.4. The molecule has 0 aliphatic carbocycles. The fourth-order valence-electron chi connectivity index (χ4n) is 3.76. The molecular weight excluding hydrogens is 462 g/mol. The van der Waals surface area contributed by atoms with Crippen molar-refractivity contribution < 1.29 is 23.5 Å². The molecule has 4 rings (SSSR count). The second-order valence-corrected chi connectivity index (χ2v) is 10.6. The van der Waals surface area contributed by atoms with Gasteiger partial charge >= 0.3 is 0 Å². The number of hydroxylamine groups is 1. The first-order chi connectivity index (χ1) is 15.9. The summed E-state index contributed by atoms with van der Waals surface area (Å²) in [7, 11) is 0. The molecule has 0 radical (unpaired) electrons. The van der Waals surface area contributed by atoms with Crippen LogP contribution in [0, 0.1) is 35.0 Å². The van der Waals surface area contributed by atoms with Crippen LogP contribution in [0.25, 0.3) is 10.2 Å². The molecule has 8 nitrogen and oxygen atoms in total. The van der Waals surface area contributed by atoms with Gasteiger partial charge in [-0.2, -0.15) is 0 Å². The Kier molecular flexibility index (Phi) is 7.45. The van der Waals surface area contributed by atoms with Gasteiger partial charge in [-0.05, 0) is 43.4 Å². The maximum absolute atomic E-state index is 12.0. The van der Waals surface area contributed by atoms with Crippen molar-refractivity contribution in [3.05, 3.63) is 28.8 Å². The van der Waals surface area contributed by atoms with Crippen molar-refractivity contribution in [3.63, 3.8) is 0 Å². The number of hydrogen-bond donors (Lipinski definition) is 2. The number of fused-ring (bicyclic) bond motifs is 1. The summed E-state index contributed by atoms with van der Waals surface area (Å²) in [5.41, 5.74) is 2.00. The Labute approximate surface area is 199 Å². The second-order valence-electron chi connectivity index (χ2n) is 8.60. The monoisotopic (exact) mass is 486 g/mol. The summed E-state index contributed by atoms with van der Waals surface area (Å²) >= 11 is -0.933. The van der Waals surface area contributed by atoms with Crippen LogP contribution in [0.3, 0.4) is 0 Å². The van der Waals surface area contributed by atoms with E-state index in [-0.39, 0.29) is 12.2 Å². The molecule has 0 spiro atoms. The molecule has 1 amide bonds. The van der Waals surface area contributed by atoms with E-state index in [1.54, 1.807) is 5.48 Å². The van der Waals surface area contributed by atoms with Crippen molar-refractivity contribution in [3.8, 4) is 23.7 Å². The Morgan fingerprint density at radius 2 is 2.21 bits per heavy atom. The predicted molar refractivity (Wildman–Crippen MR) is 124 cm³/mol. The minimum atomic E-state index is -2.41. The molecule has 3 heterocycles. The molecule has 2 N–H and O–H groups in total. The van der Waals surface area contributed by atoms with Gasteiger partial charge < -0.3 is 9.29 Å². The van der Waals surface area contributed by atoms with Crippen molar-refractivity contribution in [2.24, 2.45) is 11.3 Å². The van der Waals surface area contributed by atoms with Crippen molar-refractivity contribution in [1.29, 1.82) is 0 Å². The van der Waals surface area contributed by atoms with Crippen LogP contribution < -0.4 is 5.48 Å². The number of rotatable bonds is 7. The molecule has 33 heavy (non-hydrogen) atoms. The molecule has 2 atom stereocenters. The lowest BCUT2D eigenvalue weighted by Gasteiger charge is -2.45. The number of aryl methyl sites for hydroxylation is 1. The summed E-state index contributed by atoms with van der Waals surface area (Å²) in [5.74, 6) is 11.5. The van der Waals surface area contributed by atoms with E-state index < -0.39 is 22.4 Å². The number of nitrogens with zero attached hydrogens (tertiary/aromatic N) is 2. The summed E-state index contributed by atoms with van der Waals surface area (Å²) in [6, 6.07) is 6.32. The summed E-state index contributed by atoms with van der Waals surface area (Å²) < 4.78 is 28.5. The number of carbonyl (C=O) groups excluding carboxylic acids is 1. The Hall–Kier alpha value is -2.31. The minimum absolute atomic E-state index is 0.238. The van der Waals surface area contributed by atoms with Crippen LogP contribution in [0.2, 0.25) is 0 Å². The number of aromatic nitrogens is 1. The highest BCUT2D eigenvalue weighted by atomic mass is 32.2. The summed E-state index contributed by atoms with van der Waals surface area (Å²) in [5, 5.41) is 9.75. The summed E-state index contributed by atoms with van der Waals surface area (Å²) in [6.07, 6.45) is 0.653. The first kappa shape index (κ1) is 23.8. The maximum Gasteiger partial charge on any atom is 0.250 e. The molecule has 10 heteroatoms. The zero-order valence-electron chi connectivity index (χ0n) is 18.1.